The van der Waals surface area contributed by atoms with Gasteiger partial charge >= 0.3 is 0 Å². The van der Waals surface area contributed by atoms with E-state index in [9.17, 15) is 8.42 Å². The number of hydrogen-bond acceptors (Lipinski definition) is 2. The first-order chi connectivity index (χ1) is 8.85. The minimum Gasteiger partial charge on any atom is -0.250 e. The summed E-state index contributed by atoms with van der Waals surface area (Å²) in [5.74, 6) is 0. The smallest absolute Gasteiger partial charge is 0.250 e. The Morgan fingerprint density at radius 1 is 0.750 bits per heavy atom. The molecule has 2 nitrogen and oxygen atoms in total. The van der Waals surface area contributed by atoms with E-state index in [0.29, 0.717) is 11.1 Å². The van der Waals surface area contributed by atoms with Crippen LogP contribution in [-0.2, 0) is 21.6 Å². The largest absolute Gasteiger partial charge is 0.269 e. The predicted octanol–water partition coefficient (Wildman–Crippen LogP) is 5.26. The second-order valence-electron chi connectivity index (χ2n) is 3.80. The maximum absolute atomic E-state index is 11.8. The fourth-order valence-corrected chi connectivity index (χ4v) is 3.50. The predicted molar refractivity (Wildman–Crippen MR) is 91.4 cm³/mol. The molecule has 0 spiro atoms. The third-order valence-corrected chi connectivity index (χ3v) is 7.12. The lowest BCUT2D eigenvalue weighted by Gasteiger charge is -2.27. The second kappa shape index (κ2) is 6.79. The van der Waals surface area contributed by atoms with Gasteiger partial charge in [-0.15, -0.1) is 0 Å². The van der Waals surface area contributed by atoms with Gasteiger partial charge in [-0.25, -0.2) is 0 Å². The minimum atomic E-state index is -1.93. The Balaban J connectivity index is 3.18. The molecule has 20 heavy (non-hydrogen) atoms. The first-order valence-corrected chi connectivity index (χ1v) is 9.62. The van der Waals surface area contributed by atoms with Crippen LogP contribution in [0.1, 0.15) is 13.8 Å². The average Bonchev–Trinajstić information content (AvgIpc) is 2.29. The summed E-state index contributed by atoms with van der Waals surface area (Å²) >= 11 is 33.3. The van der Waals surface area contributed by atoms with Gasteiger partial charge in [0.1, 0.15) is 0 Å². The van der Waals surface area contributed by atoms with E-state index >= 15 is 0 Å². The van der Waals surface area contributed by atoms with Crippen LogP contribution in [-0.4, -0.2) is 14.7 Å². The normalized spacial score (nSPS) is 24.0. The van der Waals surface area contributed by atoms with E-state index in [1.165, 1.54) is 10.8 Å². The van der Waals surface area contributed by atoms with E-state index in [1.807, 2.05) is 0 Å². The van der Waals surface area contributed by atoms with Crippen LogP contribution >= 0.6 is 69.6 Å². The maximum Gasteiger partial charge on any atom is 0.269 e. The topological polar surface area (TPSA) is 34.1 Å². The molecule has 0 aromatic heterocycles. The van der Waals surface area contributed by atoms with Crippen molar-refractivity contribution in [2.45, 2.75) is 20.1 Å². The molecular weight excluding hydrogens is 429 g/mol. The molecule has 1 aliphatic rings. The number of halogens is 6. The van der Waals surface area contributed by atoms with Gasteiger partial charge in [-0.05, 0) is 36.1 Å². The average molecular weight is 437 g/mol. The molecule has 0 heterocycles. The Morgan fingerprint density at radius 2 is 1.00 bits per heavy atom. The van der Waals surface area contributed by atoms with Gasteiger partial charge in [0.05, 0.1) is 21.6 Å². The molecule has 1 aliphatic carbocycles. The SMILES string of the molecule is CC1=C(C)C(=C\S(=O)C(Cl)(Cl)Cl)/C1=C/S(=O)C(Cl)(Cl)Cl. The van der Waals surface area contributed by atoms with Crippen molar-refractivity contribution in [1.29, 1.82) is 0 Å². The van der Waals surface area contributed by atoms with Gasteiger partial charge in [-0.1, -0.05) is 69.6 Å². The van der Waals surface area contributed by atoms with E-state index in [4.69, 9.17) is 69.6 Å². The van der Waals surface area contributed by atoms with Crippen LogP contribution in [0.5, 0.6) is 0 Å². The molecule has 2 unspecified atom stereocenters. The molecule has 10 heteroatoms. The minimum absolute atomic E-state index is 0.565. The zero-order valence-electron chi connectivity index (χ0n) is 10.1. The molecule has 1 rings (SSSR count). The highest BCUT2D eigenvalue weighted by Gasteiger charge is 2.33. The number of alkyl halides is 6. The highest BCUT2D eigenvalue weighted by atomic mass is 35.6. The van der Waals surface area contributed by atoms with Gasteiger partial charge in [0.15, 0.2) is 0 Å². The van der Waals surface area contributed by atoms with Crippen LogP contribution in [0.3, 0.4) is 0 Å². The monoisotopic (exact) mass is 434 g/mol. The zero-order chi connectivity index (χ0) is 15.9. The van der Waals surface area contributed by atoms with Crippen molar-refractivity contribution in [3.8, 4) is 0 Å². The number of rotatable bonds is 2. The standard InChI is InChI=1S/C10H8Cl6O2S2/c1-5-6(2)8(4-20(18)10(14,15)16)7(5)3-19(17)9(11,12)13/h3-4H,1-2H3/b7-3+,8-4+. The van der Waals surface area contributed by atoms with Gasteiger partial charge < -0.3 is 0 Å². The van der Waals surface area contributed by atoms with E-state index < -0.39 is 27.8 Å². The summed E-state index contributed by atoms with van der Waals surface area (Å²) in [7, 11) is -3.69. The molecule has 0 bridgehead atoms. The van der Waals surface area contributed by atoms with E-state index in [-0.39, 0.29) is 0 Å². The molecular formula is C10H8Cl6O2S2. The first-order valence-electron chi connectivity index (χ1n) is 4.92. The Morgan fingerprint density at radius 3 is 1.20 bits per heavy atom. The molecule has 114 valence electrons. The molecule has 0 aromatic rings. The Bertz CT molecular complexity index is 515. The van der Waals surface area contributed by atoms with Crippen LogP contribution in [0.4, 0.5) is 0 Å². The number of allylic oxidation sites excluding steroid dienone is 4. The summed E-state index contributed by atoms with van der Waals surface area (Å²) in [5, 5.41) is 2.58. The Kier molecular flexibility index (Phi) is 6.56. The lowest BCUT2D eigenvalue weighted by atomic mass is 9.81. The summed E-state index contributed by atoms with van der Waals surface area (Å²) in [4.78, 5) is 0. The first kappa shape index (κ1) is 19.3. The lowest BCUT2D eigenvalue weighted by molar-refractivity contribution is 0.687. The Labute approximate surface area is 152 Å². The third-order valence-electron chi connectivity index (χ3n) is 2.57. The highest BCUT2D eigenvalue weighted by molar-refractivity contribution is 7.94. The number of hydrogen-bond donors (Lipinski definition) is 0. The van der Waals surface area contributed by atoms with Crippen molar-refractivity contribution in [3.05, 3.63) is 33.1 Å². The molecule has 0 radical (unpaired) electrons. The summed E-state index contributed by atoms with van der Waals surface area (Å²) in [6.45, 7) is 3.60. The molecule has 2 atom stereocenters. The molecule has 0 aliphatic heterocycles. The zero-order valence-corrected chi connectivity index (χ0v) is 16.2. The fourth-order valence-electron chi connectivity index (χ4n) is 1.40. The molecule has 0 fully saturated rings. The summed E-state index contributed by atoms with van der Waals surface area (Å²) in [5.41, 5.74) is 2.82. The van der Waals surface area contributed by atoms with Crippen LogP contribution < -0.4 is 0 Å². The second-order valence-corrected chi connectivity index (χ2v) is 12.6. The molecule has 0 aromatic carbocycles. The highest BCUT2D eigenvalue weighted by Crippen LogP contribution is 2.43. The van der Waals surface area contributed by atoms with Crippen molar-refractivity contribution in [3.63, 3.8) is 0 Å². The Hall–Kier alpha value is 1.26. The molecule has 0 amide bonds. The molecule has 0 N–H and O–H groups in total. The quantitative estimate of drug-likeness (QED) is 0.553. The van der Waals surface area contributed by atoms with Gasteiger partial charge in [-0.2, -0.15) is 0 Å². The van der Waals surface area contributed by atoms with Crippen LogP contribution in [0.15, 0.2) is 33.1 Å². The summed E-state index contributed by atoms with van der Waals surface area (Å²) in [6, 6.07) is 0. The van der Waals surface area contributed by atoms with Crippen molar-refractivity contribution in [2.24, 2.45) is 0 Å². The van der Waals surface area contributed by atoms with E-state index in [2.05, 4.69) is 0 Å². The maximum atomic E-state index is 11.8. The van der Waals surface area contributed by atoms with Gasteiger partial charge in [0.25, 0.3) is 6.25 Å². The fraction of sp³-hybridized carbons (Fsp3) is 0.400. The van der Waals surface area contributed by atoms with Gasteiger partial charge in [0.2, 0.25) is 0 Å². The third kappa shape index (κ3) is 4.63. The van der Waals surface area contributed by atoms with Crippen molar-refractivity contribution >= 4 is 91.2 Å². The van der Waals surface area contributed by atoms with Crippen molar-refractivity contribution in [2.75, 3.05) is 0 Å². The summed E-state index contributed by atoms with van der Waals surface area (Å²) in [6.07, 6.45) is 0. The lowest BCUT2D eigenvalue weighted by Crippen LogP contribution is -2.16. The molecule has 0 saturated heterocycles. The van der Waals surface area contributed by atoms with Crippen LogP contribution in [0.2, 0.25) is 0 Å². The van der Waals surface area contributed by atoms with E-state index in [0.717, 1.165) is 11.1 Å². The van der Waals surface area contributed by atoms with Crippen LogP contribution in [0, 0.1) is 0 Å². The van der Waals surface area contributed by atoms with Crippen LogP contribution in [0.25, 0.3) is 0 Å². The van der Waals surface area contributed by atoms with Gasteiger partial charge in [-0.3, -0.25) is 8.42 Å². The van der Waals surface area contributed by atoms with Crippen molar-refractivity contribution in [1.82, 2.24) is 0 Å². The van der Waals surface area contributed by atoms with E-state index in [1.54, 1.807) is 13.8 Å². The molecule has 0 saturated carbocycles. The van der Waals surface area contributed by atoms with Crippen molar-refractivity contribution < 1.29 is 8.42 Å². The van der Waals surface area contributed by atoms with Gasteiger partial charge in [0, 0.05) is 10.8 Å². The summed E-state index contributed by atoms with van der Waals surface area (Å²) < 4.78 is 19.7.